The summed E-state index contributed by atoms with van der Waals surface area (Å²) in [6, 6.07) is 19.3. The van der Waals surface area contributed by atoms with Crippen LogP contribution >= 0.6 is 11.3 Å². The number of thiophene rings is 1. The van der Waals surface area contributed by atoms with E-state index >= 15 is 0 Å². The van der Waals surface area contributed by atoms with Crippen LogP contribution in [0.25, 0.3) is 0 Å². The van der Waals surface area contributed by atoms with Gasteiger partial charge in [-0.05, 0) is 35.7 Å². The standard InChI is InChI=1S/C20H14N2O3S/c23-18-15-9-4-5-10-16(15)19(24)22(18)13-21(14-7-2-1-3-8-14)20(25)17-11-6-12-26-17/h1-12H,13H2. The van der Waals surface area contributed by atoms with Gasteiger partial charge in [0.1, 0.15) is 6.67 Å². The van der Waals surface area contributed by atoms with Crippen LogP contribution in [0.3, 0.4) is 0 Å². The summed E-state index contributed by atoms with van der Waals surface area (Å²) in [4.78, 5) is 41.4. The smallest absolute Gasteiger partial charge is 0.269 e. The summed E-state index contributed by atoms with van der Waals surface area (Å²) >= 11 is 1.32. The number of carbonyl (C=O) groups excluding carboxylic acids is 3. The molecule has 0 radical (unpaired) electrons. The molecule has 2 aromatic carbocycles. The van der Waals surface area contributed by atoms with Gasteiger partial charge in [-0.2, -0.15) is 0 Å². The Morgan fingerprint density at radius 1 is 0.846 bits per heavy atom. The second-order valence-electron chi connectivity index (χ2n) is 5.77. The molecule has 0 bridgehead atoms. The Balaban J connectivity index is 1.69. The van der Waals surface area contributed by atoms with Crippen LogP contribution in [0.15, 0.2) is 72.1 Å². The highest BCUT2D eigenvalue weighted by atomic mass is 32.1. The molecule has 4 rings (SSSR count). The Labute approximate surface area is 154 Å². The van der Waals surface area contributed by atoms with Crippen molar-refractivity contribution in [3.63, 3.8) is 0 Å². The summed E-state index contributed by atoms with van der Waals surface area (Å²) in [5.74, 6) is -1.02. The number of hydrogen-bond donors (Lipinski definition) is 0. The van der Waals surface area contributed by atoms with Crippen LogP contribution in [0.1, 0.15) is 30.4 Å². The number of hydrogen-bond acceptors (Lipinski definition) is 4. The van der Waals surface area contributed by atoms with Gasteiger partial charge in [0.15, 0.2) is 0 Å². The molecular weight excluding hydrogens is 348 g/mol. The SMILES string of the molecule is O=C1c2ccccc2C(=O)N1CN(C(=O)c1cccs1)c1ccccc1. The molecule has 1 aliphatic rings. The lowest BCUT2D eigenvalue weighted by atomic mass is 10.1. The fraction of sp³-hybridized carbons (Fsp3) is 0.0500. The molecule has 0 spiro atoms. The maximum Gasteiger partial charge on any atom is 0.269 e. The average Bonchev–Trinajstić information content (AvgIpc) is 3.30. The molecule has 128 valence electrons. The molecule has 0 atom stereocenters. The summed E-state index contributed by atoms with van der Waals surface area (Å²) in [5, 5.41) is 1.82. The highest BCUT2D eigenvalue weighted by Gasteiger charge is 2.37. The summed E-state index contributed by atoms with van der Waals surface area (Å²) in [6.07, 6.45) is 0. The van der Waals surface area contributed by atoms with Crippen LogP contribution in [0, 0.1) is 0 Å². The van der Waals surface area contributed by atoms with E-state index in [1.54, 1.807) is 48.5 Å². The number of carbonyl (C=O) groups is 3. The summed E-state index contributed by atoms with van der Waals surface area (Å²) in [6.45, 7) is -0.132. The third-order valence-electron chi connectivity index (χ3n) is 4.21. The van der Waals surface area contributed by atoms with Crippen molar-refractivity contribution in [2.45, 2.75) is 0 Å². The molecule has 5 nitrogen and oxygen atoms in total. The topological polar surface area (TPSA) is 57.7 Å². The first-order valence-corrected chi connectivity index (χ1v) is 8.90. The Morgan fingerprint density at radius 3 is 2.04 bits per heavy atom. The number of rotatable bonds is 4. The van der Waals surface area contributed by atoms with Gasteiger partial charge < -0.3 is 0 Å². The molecule has 3 aromatic rings. The number of benzene rings is 2. The van der Waals surface area contributed by atoms with E-state index in [0.29, 0.717) is 21.7 Å². The quantitative estimate of drug-likeness (QED) is 0.666. The molecule has 0 unspecified atom stereocenters. The van der Waals surface area contributed by atoms with Gasteiger partial charge >= 0.3 is 0 Å². The maximum absolute atomic E-state index is 13.0. The van der Waals surface area contributed by atoms with Crippen molar-refractivity contribution in [1.29, 1.82) is 0 Å². The molecule has 26 heavy (non-hydrogen) atoms. The predicted molar refractivity (Wildman–Crippen MR) is 99.4 cm³/mol. The Bertz CT molecular complexity index is 948. The van der Waals surface area contributed by atoms with Gasteiger partial charge in [-0.15, -0.1) is 11.3 Å². The number of anilines is 1. The lowest BCUT2D eigenvalue weighted by Crippen LogP contribution is -2.44. The monoisotopic (exact) mass is 362 g/mol. The summed E-state index contributed by atoms with van der Waals surface area (Å²) < 4.78 is 0. The predicted octanol–water partition coefficient (Wildman–Crippen LogP) is 3.65. The third kappa shape index (κ3) is 2.70. The van der Waals surface area contributed by atoms with Crippen molar-refractivity contribution >= 4 is 34.7 Å². The minimum Gasteiger partial charge on any atom is -0.289 e. The average molecular weight is 362 g/mol. The van der Waals surface area contributed by atoms with E-state index in [2.05, 4.69) is 0 Å². The molecule has 3 amide bonds. The van der Waals surface area contributed by atoms with E-state index in [1.807, 2.05) is 23.6 Å². The summed E-state index contributed by atoms with van der Waals surface area (Å²) in [5.41, 5.74) is 1.37. The van der Waals surface area contributed by atoms with E-state index in [4.69, 9.17) is 0 Å². The van der Waals surface area contributed by atoms with Crippen LogP contribution in [-0.4, -0.2) is 29.3 Å². The van der Waals surface area contributed by atoms with E-state index < -0.39 is 0 Å². The fourth-order valence-electron chi connectivity index (χ4n) is 2.91. The molecule has 0 saturated heterocycles. The van der Waals surface area contributed by atoms with Crippen molar-refractivity contribution < 1.29 is 14.4 Å². The first-order valence-electron chi connectivity index (χ1n) is 8.02. The van der Waals surface area contributed by atoms with Crippen molar-refractivity contribution in [3.05, 3.63) is 88.1 Å². The number of imide groups is 1. The molecule has 1 aliphatic heterocycles. The van der Waals surface area contributed by atoms with E-state index in [-0.39, 0.29) is 24.4 Å². The minimum atomic E-state index is -0.384. The second kappa shape index (κ2) is 6.57. The van der Waals surface area contributed by atoms with Crippen molar-refractivity contribution in [1.82, 2.24) is 4.90 Å². The Kier molecular flexibility index (Phi) is 4.10. The Morgan fingerprint density at radius 2 is 1.46 bits per heavy atom. The molecule has 6 heteroatoms. The molecule has 0 N–H and O–H groups in total. The maximum atomic E-state index is 13.0. The minimum absolute atomic E-state index is 0.132. The zero-order valence-corrected chi connectivity index (χ0v) is 14.5. The van der Waals surface area contributed by atoms with Crippen LogP contribution in [0.2, 0.25) is 0 Å². The van der Waals surface area contributed by atoms with Crippen LogP contribution < -0.4 is 4.90 Å². The van der Waals surface area contributed by atoms with Gasteiger partial charge in [0.05, 0.1) is 16.0 Å². The molecule has 2 heterocycles. The van der Waals surface area contributed by atoms with E-state index in [0.717, 1.165) is 4.90 Å². The van der Waals surface area contributed by atoms with Crippen molar-refractivity contribution in [3.8, 4) is 0 Å². The third-order valence-corrected chi connectivity index (χ3v) is 5.06. The zero-order chi connectivity index (χ0) is 18.1. The highest BCUT2D eigenvalue weighted by molar-refractivity contribution is 7.12. The number of amides is 3. The normalized spacial score (nSPS) is 13.0. The first-order chi connectivity index (χ1) is 12.7. The highest BCUT2D eigenvalue weighted by Crippen LogP contribution is 2.26. The van der Waals surface area contributed by atoms with Gasteiger partial charge in [0.25, 0.3) is 17.7 Å². The van der Waals surface area contributed by atoms with Gasteiger partial charge in [-0.25, -0.2) is 0 Å². The van der Waals surface area contributed by atoms with Gasteiger partial charge in [-0.1, -0.05) is 36.4 Å². The lowest BCUT2D eigenvalue weighted by Gasteiger charge is -2.26. The first kappa shape index (κ1) is 16.2. The summed E-state index contributed by atoms with van der Waals surface area (Å²) in [7, 11) is 0. The van der Waals surface area contributed by atoms with E-state index in [1.165, 1.54) is 16.2 Å². The number of para-hydroxylation sites is 1. The van der Waals surface area contributed by atoms with Crippen LogP contribution in [0.4, 0.5) is 5.69 Å². The van der Waals surface area contributed by atoms with Gasteiger partial charge in [0.2, 0.25) is 0 Å². The molecule has 0 fully saturated rings. The van der Waals surface area contributed by atoms with Gasteiger partial charge in [0, 0.05) is 5.69 Å². The molecule has 1 aromatic heterocycles. The number of fused-ring (bicyclic) bond motifs is 1. The number of nitrogens with zero attached hydrogens (tertiary/aromatic N) is 2. The molecular formula is C20H14N2O3S. The second-order valence-corrected chi connectivity index (χ2v) is 6.72. The largest absolute Gasteiger partial charge is 0.289 e. The van der Waals surface area contributed by atoms with Gasteiger partial charge in [-0.3, -0.25) is 24.2 Å². The Hall–Kier alpha value is -3.25. The van der Waals surface area contributed by atoms with Crippen LogP contribution in [0.5, 0.6) is 0 Å². The molecule has 0 saturated carbocycles. The van der Waals surface area contributed by atoms with Crippen LogP contribution in [-0.2, 0) is 0 Å². The fourth-order valence-corrected chi connectivity index (χ4v) is 3.59. The lowest BCUT2D eigenvalue weighted by molar-refractivity contribution is 0.0650. The zero-order valence-electron chi connectivity index (χ0n) is 13.7. The van der Waals surface area contributed by atoms with E-state index in [9.17, 15) is 14.4 Å². The van der Waals surface area contributed by atoms with Crippen molar-refractivity contribution in [2.24, 2.45) is 0 Å². The molecule has 0 aliphatic carbocycles. The van der Waals surface area contributed by atoms with Crippen molar-refractivity contribution in [2.75, 3.05) is 11.6 Å².